The highest BCUT2D eigenvalue weighted by Gasteiger charge is 2.30. The molecule has 0 saturated carbocycles. The van der Waals surface area contributed by atoms with Gasteiger partial charge in [-0.3, -0.25) is 9.69 Å². The number of benzene rings is 3. The van der Waals surface area contributed by atoms with Gasteiger partial charge in [0.05, 0.1) is 34.4 Å². The summed E-state index contributed by atoms with van der Waals surface area (Å²) in [7, 11) is 2.05. The number of carbonyl (C=O) groups excluding carboxylic acids is 1. The van der Waals surface area contributed by atoms with Crippen molar-refractivity contribution in [1.29, 1.82) is 0 Å². The number of hydrogen-bond donors (Lipinski definition) is 0. The zero-order chi connectivity index (χ0) is 25.6. The molecule has 2 aromatic heterocycles. The molecule has 7 heteroatoms. The highest BCUT2D eigenvalue weighted by Crippen LogP contribution is 2.41. The molecule has 0 amide bonds. The van der Waals surface area contributed by atoms with E-state index in [9.17, 15) is 4.79 Å². The molecule has 1 saturated heterocycles. The van der Waals surface area contributed by atoms with E-state index in [4.69, 9.17) is 14.7 Å². The number of rotatable bonds is 5. The second-order valence-corrected chi connectivity index (χ2v) is 11.6. The summed E-state index contributed by atoms with van der Waals surface area (Å²) in [5.74, 6) is 2.94. The van der Waals surface area contributed by atoms with E-state index in [1.165, 1.54) is 20.8 Å². The minimum atomic E-state index is 0.304. The first-order valence-corrected chi connectivity index (χ1v) is 14.2. The van der Waals surface area contributed by atoms with E-state index < -0.39 is 0 Å². The molecule has 0 unspecified atom stereocenters. The summed E-state index contributed by atoms with van der Waals surface area (Å²) in [5, 5.41) is 1.18. The van der Waals surface area contributed by atoms with Crippen LogP contribution >= 0.6 is 11.3 Å². The monoisotopic (exact) mass is 522 g/mol. The van der Waals surface area contributed by atoms with Crippen LogP contribution in [-0.2, 0) is 20.0 Å². The summed E-state index contributed by atoms with van der Waals surface area (Å²) < 4.78 is 9.68. The fraction of sp³-hybridized carbons (Fsp3) is 0.323. The van der Waals surface area contributed by atoms with E-state index in [1.54, 1.807) is 11.3 Å². The van der Waals surface area contributed by atoms with Crippen molar-refractivity contribution < 1.29 is 9.53 Å². The summed E-state index contributed by atoms with van der Waals surface area (Å²) in [6.07, 6.45) is 4.14. The lowest BCUT2D eigenvalue weighted by molar-refractivity contribution is 0.112. The van der Waals surface area contributed by atoms with Crippen LogP contribution in [0.4, 0.5) is 0 Å². The quantitative estimate of drug-likeness (QED) is 0.261. The van der Waals surface area contributed by atoms with Gasteiger partial charge in [0.15, 0.2) is 0 Å². The van der Waals surface area contributed by atoms with Crippen LogP contribution in [0.15, 0.2) is 60.7 Å². The Hall–Kier alpha value is -3.55. The van der Waals surface area contributed by atoms with Gasteiger partial charge in [-0.05, 0) is 85.8 Å². The number of hydrogen-bond acceptors (Lipinski definition) is 6. The maximum absolute atomic E-state index is 11.2. The molecule has 0 bridgehead atoms. The van der Waals surface area contributed by atoms with Crippen LogP contribution in [0.5, 0.6) is 5.75 Å². The van der Waals surface area contributed by atoms with E-state index in [0.29, 0.717) is 24.0 Å². The number of nitrogens with zero attached hydrogens (tertiary/aromatic N) is 4. The van der Waals surface area contributed by atoms with Gasteiger partial charge in [0.25, 0.3) is 0 Å². The minimum absolute atomic E-state index is 0.304. The van der Waals surface area contributed by atoms with Gasteiger partial charge in [-0.2, -0.15) is 0 Å². The standard InChI is InChI=1S/C31H30N4O2S/c1-34-27-15-20(18-36)9-10-25(27)32-30(34)17-35-13-11-21(12-14-35)23-5-4-7-28-24(23)16-22(19-37-28)31-33-26-6-2-3-8-29(26)38-31/h2-10,15,18,21-22H,11-14,16-17,19H2,1H3/t22-/m0/s1. The van der Waals surface area contributed by atoms with Crippen LogP contribution in [-0.4, -0.2) is 45.4 Å². The van der Waals surface area contributed by atoms with Gasteiger partial charge >= 0.3 is 0 Å². The molecule has 4 heterocycles. The molecule has 2 aliphatic rings. The lowest BCUT2D eigenvalue weighted by atomic mass is 9.83. The molecule has 0 spiro atoms. The fourth-order valence-electron chi connectivity index (χ4n) is 6.11. The van der Waals surface area contributed by atoms with Crippen molar-refractivity contribution in [3.8, 4) is 5.75 Å². The molecule has 0 N–H and O–H groups in total. The van der Waals surface area contributed by atoms with Crippen molar-refractivity contribution in [3.63, 3.8) is 0 Å². The first-order chi connectivity index (χ1) is 18.7. The summed E-state index contributed by atoms with van der Waals surface area (Å²) in [4.78, 5) is 23.5. The Kier molecular flexibility index (Phi) is 5.98. The van der Waals surface area contributed by atoms with E-state index in [-0.39, 0.29) is 0 Å². The number of aldehydes is 1. The van der Waals surface area contributed by atoms with E-state index in [2.05, 4.69) is 51.9 Å². The van der Waals surface area contributed by atoms with Crippen LogP contribution in [0.25, 0.3) is 21.3 Å². The van der Waals surface area contributed by atoms with Gasteiger partial charge in [0, 0.05) is 18.5 Å². The van der Waals surface area contributed by atoms with Gasteiger partial charge in [-0.15, -0.1) is 11.3 Å². The Morgan fingerprint density at radius 3 is 2.71 bits per heavy atom. The topological polar surface area (TPSA) is 60.3 Å². The Labute approximate surface area is 225 Å². The summed E-state index contributed by atoms with van der Waals surface area (Å²) in [6, 6.07) is 20.7. The number of likely N-dealkylation sites (tertiary alicyclic amines) is 1. The molecule has 7 rings (SSSR count). The molecule has 1 atom stereocenters. The number of fused-ring (bicyclic) bond motifs is 3. The summed E-state index contributed by atoms with van der Waals surface area (Å²) >= 11 is 1.80. The molecule has 0 radical (unpaired) electrons. The third-order valence-corrected chi connectivity index (χ3v) is 9.44. The van der Waals surface area contributed by atoms with Gasteiger partial charge in [0.2, 0.25) is 0 Å². The summed E-state index contributed by atoms with van der Waals surface area (Å²) in [6.45, 7) is 3.60. The average molecular weight is 523 g/mol. The second-order valence-electron chi connectivity index (χ2n) is 10.6. The Balaban J connectivity index is 1.06. The number of aromatic nitrogens is 3. The zero-order valence-corrected chi connectivity index (χ0v) is 22.3. The molecule has 2 aliphatic heterocycles. The van der Waals surface area contributed by atoms with Crippen LogP contribution < -0.4 is 4.74 Å². The van der Waals surface area contributed by atoms with Crippen molar-refractivity contribution in [2.24, 2.45) is 7.05 Å². The van der Waals surface area contributed by atoms with E-state index in [0.717, 1.165) is 73.3 Å². The predicted molar refractivity (Wildman–Crippen MR) is 151 cm³/mol. The number of thiazole rings is 1. The van der Waals surface area contributed by atoms with Crippen LogP contribution in [0.1, 0.15) is 57.0 Å². The van der Waals surface area contributed by atoms with Crippen molar-refractivity contribution in [3.05, 3.63) is 88.2 Å². The first kappa shape index (κ1) is 23.6. The van der Waals surface area contributed by atoms with Gasteiger partial charge in [0.1, 0.15) is 22.9 Å². The Morgan fingerprint density at radius 1 is 1.00 bits per heavy atom. The fourth-order valence-corrected chi connectivity index (χ4v) is 7.16. The van der Waals surface area contributed by atoms with Crippen LogP contribution in [0, 0.1) is 0 Å². The van der Waals surface area contributed by atoms with E-state index >= 15 is 0 Å². The largest absolute Gasteiger partial charge is 0.493 e. The maximum Gasteiger partial charge on any atom is 0.150 e. The number of aryl methyl sites for hydroxylation is 1. The smallest absolute Gasteiger partial charge is 0.150 e. The van der Waals surface area contributed by atoms with Crippen LogP contribution in [0.2, 0.25) is 0 Å². The molecule has 0 aliphatic carbocycles. The molecule has 192 valence electrons. The molecule has 38 heavy (non-hydrogen) atoms. The SMILES string of the molecule is Cn1c(CN2CCC(c3cccc4c3C[C@H](c3nc5ccccc5s3)CO4)CC2)nc2ccc(C=O)cc21. The van der Waals surface area contributed by atoms with Gasteiger partial charge in [-0.25, -0.2) is 9.97 Å². The maximum atomic E-state index is 11.2. The molecular formula is C31H30N4O2S. The normalized spacial score (nSPS) is 18.5. The molecule has 3 aromatic carbocycles. The van der Waals surface area contributed by atoms with Crippen molar-refractivity contribution >= 4 is 38.9 Å². The van der Waals surface area contributed by atoms with Gasteiger partial charge < -0.3 is 9.30 Å². The number of para-hydroxylation sites is 1. The number of carbonyl (C=O) groups is 1. The second kappa shape index (κ2) is 9.64. The van der Waals surface area contributed by atoms with Crippen molar-refractivity contribution in [2.75, 3.05) is 19.7 Å². The molecular weight excluding hydrogens is 492 g/mol. The number of piperidine rings is 1. The lowest BCUT2D eigenvalue weighted by Crippen LogP contribution is -2.33. The van der Waals surface area contributed by atoms with E-state index in [1.807, 2.05) is 25.2 Å². The Bertz CT molecular complexity index is 1610. The average Bonchev–Trinajstić information content (AvgIpc) is 3.53. The minimum Gasteiger partial charge on any atom is -0.493 e. The third-order valence-electron chi connectivity index (χ3n) is 8.25. The zero-order valence-electron chi connectivity index (χ0n) is 21.5. The lowest BCUT2D eigenvalue weighted by Gasteiger charge is -2.34. The Morgan fingerprint density at radius 2 is 1.87 bits per heavy atom. The van der Waals surface area contributed by atoms with Gasteiger partial charge in [-0.1, -0.05) is 24.3 Å². The van der Waals surface area contributed by atoms with Crippen molar-refractivity contribution in [2.45, 2.75) is 37.6 Å². The highest BCUT2D eigenvalue weighted by atomic mass is 32.1. The number of imidazole rings is 1. The third kappa shape index (κ3) is 4.20. The molecule has 1 fully saturated rings. The highest BCUT2D eigenvalue weighted by molar-refractivity contribution is 7.18. The first-order valence-electron chi connectivity index (χ1n) is 13.4. The predicted octanol–water partition coefficient (Wildman–Crippen LogP) is 6.09. The number of ether oxygens (including phenoxy) is 1. The van der Waals surface area contributed by atoms with Crippen LogP contribution in [0.3, 0.4) is 0 Å². The molecule has 5 aromatic rings. The van der Waals surface area contributed by atoms with Crippen molar-refractivity contribution in [1.82, 2.24) is 19.4 Å². The molecule has 6 nitrogen and oxygen atoms in total. The summed E-state index contributed by atoms with van der Waals surface area (Å²) in [5.41, 5.74) is 6.57.